The molecule has 1 amide bonds. The summed E-state index contributed by atoms with van der Waals surface area (Å²) >= 11 is 0. The number of hydrogen-bond acceptors (Lipinski definition) is 6. The minimum Gasteiger partial charge on any atom is -0.493 e. The molecule has 1 aromatic heterocycles. The van der Waals surface area contributed by atoms with Crippen molar-refractivity contribution >= 4 is 5.91 Å². The maximum absolute atomic E-state index is 12.2. The molecule has 0 unspecified atom stereocenters. The van der Waals surface area contributed by atoms with Gasteiger partial charge in [-0.3, -0.25) is 9.69 Å². The maximum atomic E-state index is 12.2. The molecule has 2 heterocycles. The standard InChI is InChI=1S/C19H24N2O5/c1-23-17-5-2-3-6-18(17)26-14-19(22)20-13-15(16-7-4-10-25-16)21-8-11-24-12-9-21/h2-7,10,15H,8-9,11-14H2,1H3,(H,20,22)/t15-/m0/s1. The van der Waals surface area contributed by atoms with Crippen LogP contribution in [0.2, 0.25) is 0 Å². The fourth-order valence-electron chi connectivity index (χ4n) is 2.92. The Labute approximate surface area is 152 Å². The van der Waals surface area contributed by atoms with Crippen LogP contribution in [0.3, 0.4) is 0 Å². The summed E-state index contributed by atoms with van der Waals surface area (Å²) in [6.45, 7) is 3.35. The number of morpholine rings is 1. The number of benzene rings is 1. The first kappa shape index (κ1) is 18.3. The molecule has 1 aliphatic heterocycles. The van der Waals surface area contributed by atoms with Crippen molar-refractivity contribution in [3.8, 4) is 11.5 Å². The average Bonchev–Trinajstić information content (AvgIpc) is 3.22. The highest BCUT2D eigenvalue weighted by Crippen LogP contribution is 2.25. The van der Waals surface area contributed by atoms with Crippen LogP contribution in [-0.2, 0) is 9.53 Å². The molecule has 0 bridgehead atoms. The van der Waals surface area contributed by atoms with E-state index in [0.29, 0.717) is 31.3 Å². The van der Waals surface area contributed by atoms with Crippen LogP contribution in [0.25, 0.3) is 0 Å². The smallest absolute Gasteiger partial charge is 0.258 e. The van der Waals surface area contributed by atoms with Gasteiger partial charge in [-0.1, -0.05) is 12.1 Å². The van der Waals surface area contributed by atoms with Crippen molar-refractivity contribution in [3.63, 3.8) is 0 Å². The van der Waals surface area contributed by atoms with Gasteiger partial charge in [-0.05, 0) is 24.3 Å². The molecule has 0 saturated carbocycles. The van der Waals surface area contributed by atoms with E-state index in [1.165, 1.54) is 0 Å². The summed E-state index contributed by atoms with van der Waals surface area (Å²) in [7, 11) is 1.57. The lowest BCUT2D eigenvalue weighted by Gasteiger charge is -2.33. The predicted octanol–water partition coefficient (Wildman–Crippen LogP) is 1.86. The number of methoxy groups -OCH3 is 1. The molecule has 0 aliphatic carbocycles. The van der Waals surface area contributed by atoms with Crippen LogP contribution >= 0.6 is 0 Å². The van der Waals surface area contributed by atoms with E-state index >= 15 is 0 Å². The number of ether oxygens (including phenoxy) is 3. The van der Waals surface area contributed by atoms with Crippen LogP contribution in [0.5, 0.6) is 11.5 Å². The topological polar surface area (TPSA) is 73.2 Å². The van der Waals surface area contributed by atoms with Crippen molar-refractivity contribution < 1.29 is 23.4 Å². The molecule has 1 saturated heterocycles. The molecule has 1 aromatic carbocycles. The molecular formula is C19H24N2O5. The van der Waals surface area contributed by atoms with E-state index < -0.39 is 0 Å². The van der Waals surface area contributed by atoms with E-state index in [9.17, 15) is 4.79 Å². The molecule has 1 aliphatic rings. The molecule has 1 N–H and O–H groups in total. The summed E-state index contributed by atoms with van der Waals surface area (Å²) in [6.07, 6.45) is 1.65. The van der Waals surface area contributed by atoms with Gasteiger partial charge in [-0.25, -0.2) is 0 Å². The number of nitrogens with one attached hydrogen (secondary N) is 1. The van der Waals surface area contributed by atoms with E-state index in [-0.39, 0.29) is 18.6 Å². The van der Waals surface area contributed by atoms with E-state index in [2.05, 4.69) is 10.2 Å². The van der Waals surface area contributed by atoms with Gasteiger partial charge in [0.1, 0.15) is 5.76 Å². The molecule has 3 rings (SSSR count). The Kier molecular flexibility index (Phi) is 6.51. The second kappa shape index (κ2) is 9.26. The second-order valence-electron chi connectivity index (χ2n) is 5.92. The Morgan fingerprint density at radius 2 is 1.96 bits per heavy atom. The fraction of sp³-hybridized carbons (Fsp3) is 0.421. The maximum Gasteiger partial charge on any atom is 0.258 e. The fourth-order valence-corrected chi connectivity index (χ4v) is 2.92. The third-order valence-corrected chi connectivity index (χ3v) is 4.28. The third kappa shape index (κ3) is 4.77. The molecule has 1 atom stereocenters. The van der Waals surface area contributed by atoms with E-state index in [4.69, 9.17) is 18.6 Å². The van der Waals surface area contributed by atoms with Crippen LogP contribution in [-0.4, -0.2) is 57.4 Å². The molecule has 2 aromatic rings. The lowest BCUT2D eigenvalue weighted by Crippen LogP contribution is -2.44. The summed E-state index contributed by atoms with van der Waals surface area (Å²) in [5.74, 6) is 1.78. The zero-order valence-electron chi connectivity index (χ0n) is 14.8. The number of hydrogen-bond donors (Lipinski definition) is 1. The van der Waals surface area contributed by atoms with Crippen molar-refractivity contribution in [1.82, 2.24) is 10.2 Å². The lowest BCUT2D eigenvalue weighted by atomic mass is 10.1. The van der Waals surface area contributed by atoms with E-state index in [1.54, 1.807) is 25.5 Å². The number of carbonyl (C=O) groups is 1. The molecule has 1 fully saturated rings. The summed E-state index contributed by atoms with van der Waals surface area (Å²) in [5, 5.41) is 2.93. The average molecular weight is 360 g/mol. The summed E-state index contributed by atoms with van der Waals surface area (Å²) in [4.78, 5) is 14.5. The first-order chi connectivity index (χ1) is 12.8. The minimum atomic E-state index is -0.194. The van der Waals surface area contributed by atoms with Crippen LogP contribution in [0.1, 0.15) is 11.8 Å². The monoisotopic (exact) mass is 360 g/mol. The number of furan rings is 1. The highest BCUT2D eigenvalue weighted by molar-refractivity contribution is 5.77. The predicted molar refractivity (Wildman–Crippen MR) is 95.3 cm³/mol. The summed E-state index contributed by atoms with van der Waals surface area (Å²) in [6, 6.07) is 11.0. The highest BCUT2D eigenvalue weighted by atomic mass is 16.5. The number of carbonyl (C=O) groups excluding carboxylic acids is 1. The highest BCUT2D eigenvalue weighted by Gasteiger charge is 2.25. The van der Waals surface area contributed by atoms with Crippen molar-refractivity contribution in [2.45, 2.75) is 6.04 Å². The first-order valence-corrected chi connectivity index (χ1v) is 8.65. The van der Waals surface area contributed by atoms with Gasteiger partial charge in [0.15, 0.2) is 18.1 Å². The van der Waals surface area contributed by atoms with Crippen LogP contribution in [0, 0.1) is 0 Å². The Hall–Kier alpha value is -2.51. The van der Waals surface area contributed by atoms with Gasteiger partial charge in [0.2, 0.25) is 0 Å². The Bertz CT molecular complexity index is 683. The normalized spacial score (nSPS) is 16.0. The molecule has 140 valence electrons. The SMILES string of the molecule is COc1ccccc1OCC(=O)NC[C@@H](c1ccco1)N1CCOCC1. The summed E-state index contributed by atoms with van der Waals surface area (Å²) in [5.41, 5.74) is 0. The van der Waals surface area contributed by atoms with Crippen LogP contribution < -0.4 is 14.8 Å². The molecule has 26 heavy (non-hydrogen) atoms. The van der Waals surface area contributed by atoms with Crippen molar-refractivity contribution in [2.24, 2.45) is 0 Å². The van der Waals surface area contributed by atoms with Crippen LogP contribution in [0.15, 0.2) is 47.1 Å². The molecule has 0 spiro atoms. The number of rotatable bonds is 8. The molecule has 7 nitrogen and oxygen atoms in total. The Morgan fingerprint density at radius 3 is 2.65 bits per heavy atom. The van der Waals surface area contributed by atoms with Gasteiger partial charge in [-0.15, -0.1) is 0 Å². The zero-order chi connectivity index (χ0) is 18.2. The van der Waals surface area contributed by atoms with Crippen molar-refractivity contribution in [1.29, 1.82) is 0 Å². The summed E-state index contributed by atoms with van der Waals surface area (Å²) < 4.78 is 21.8. The van der Waals surface area contributed by atoms with Crippen molar-refractivity contribution in [3.05, 3.63) is 48.4 Å². The van der Waals surface area contributed by atoms with E-state index in [0.717, 1.165) is 18.8 Å². The minimum absolute atomic E-state index is 0.0240. The first-order valence-electron chi connectivity index (χ1n) is 8.65. The zero-order valence-corrected chi connectivity index (χ0v) is 14.8. The number of nitrogens with zero attached hydrogens (tertiary/aromatic N) is 1. The number of amides is 1. The van der Waals surface area contributed by atoms with Gasteiger partial charge in [0.05, 0.1) is 32.6 Å². The second-order valence-corrected chi connectivity index (χ2v) is 5.92. The Balaban J connectivity index is 1.54. The van der Waals surface area contributed by atoms with Gasteiger partial charge >= 0.3 is 0 Å². The van der Waals surface area contributed by atoms with Gasteiger partial charge in [0, 0.05) is 19.6 Å². The van der Waals surface area contributed by atoms with Crippen LogP contribution in [0.4, 0.5) is 0 Å². The van der Waals surface area contributed by atoms with Gasteiger partial charge < -0.3 is 23.9 Å². The van der Waals surface area contributed by atoms with Crippen molar-refractivity contribution in [2.75, 3.05) is 46.6 Å². The molecular weight excluding hydrogens is 336 g/mol. The molecule has 0 radical (unpaired) electrons. The van der Waals surface area contributed by atoms with Gasteiger partial charge in [0.25, 0.3) is 5.91 Å². The molecule has 7 heteroatoms. The van der Waals surface area contributed by atoms with E-state index in [1.807, 2.05) is 24.3 Å². The Morgan fingerprint density at radius 1 is 1.19 bits per heavy atom. The number of para-hydroxylation sites is 2. The lowest BCUT2D eigenvalue weighted by molar-refractivity contribution is -0.123. The van der Waals surface area contributed by atoms with Gasteiger partial charge in [-0.2, -0.15) is 0 Å². The quantitative estimate of drug-likeness (QED) is 0.775. The largest absolute Gasteiger partial charge is 0.493 e. The third-order valence-electron chi connectivity index (χ3n) is 4.28.